The maximum atomic E-state index is 12.6. The minimum absolute atomic E-state index is 0.0851. The van der Waals surface area contributed by atoms with Gasteiger partial charge in [0, 0.05) is 18.2 Å². The number of carbonyl (C=O) groups is 3. The van der Waals surface area contributed by atoms with E-state index in [0.717, 1.165) is 46.4 Å². The van der Waals surface area contributed by atoms with Gasteiger partial charge in [0.25, 0.3) is 0 Å². The van der Waals surface area contributed by atoms with Gasteiger partial charge in [-0.25, -0.2) is 9.78 Å². The Balaban J connectivity index is 1.24. The minimum atomic E-state index is -0.591. The number of rotatable bonds is 5. The third kappa shape index (κ3) is 3.41. The Labute approximate surface area is 176 Å². The number of ether oxygens (including phenoxy) is 1. The summed E-state index contributed by atoms with van der Waals surface area (Å²) in [4.78, 5) is 43.0. The number of amides is 1. The van der Waals surface area contributed by atoms with Crippen LogP contribution in [0.15, 0.2) is 42.5 Å². The summed E-state index contributed by atoms with van der Waals surface area (Å²) in [6.45, 7) is 0.406. The molecule has 1 amide bonds. The van der Waals surface area contributed by atoms with Crippen LogP contribution >= 0.6 is 11.3 Å². The maximum absolute atomic E-state index is 12.6. The highest BCUT2D eigenvalue weighted by molar-refractivity contribution is 7.19. The number of thiazole rings is 1. The molecule has 0 bridgehead atoms. The van der Waals surface area contributed by atoms with Crippen LogP contribution < -0.4 is 4.90 Å². The van der Waals surface area contributed by atoms with E-state index in [1.807, 2.05) is 35.2 Å². The molecule has 0 fully saturated rings. The number of hydrogen-bond donors (Lipinski definition) is 0. The van der Waals surface area contributed by atoms with Crippen molar-refractivity contribution in [1.82, 2.24) is 4.98 Å². The van der Waals surface area contributed by atoms with E-state index in [0.29, 0.717) is 17.0 Å². The molecule has 2 aliphatic rings. The summed E-state index contributed by atoms with van der Waals surface area (Å²) < 4.78 is 6.17. The summed E-state index contributed by atoms with van der Waals surface area (Å²) in [6, 6.07) is 11.3. The molecule has 2 aliphatic heterocycles. The lowest BCUT2D eigenvalue weighted by Crippen LogP contribution is -2.31. The van der Waals surface area contributed by atoms with Crippen molar-refractivity contribution in [2.45, 2.75) is 19.3 Å². The second kappa shape index (κ2) is 7.50. The zero-order valence-corrected chi connectivity index (χ0v) is 16.9. The molecule has 3 heterocycles. The van der Waals surface area contributed by atoms with Crippen LogP contribution in [0.5, 0.6) is 0 Å². The molecule has 30 heavy (non-hydrogen) atoms. The van der Waals surface area contributed by atoms with E-state index in [-0.39, 0.29) is 18.3 Å². The Kier molecular flexibility index (Phi) is 4.67. The number of Topliss-reactive ketones (excluding diaryl/α,β-unsaturated/α-hetero) is 1. The summed E-state index contributed by atoms with van der Waals surface area (Å²) in [5, 5.41) is 0.700. The van der Waals surface area contributed by atoms with Crippen molar-refractivity contribution in [3.8, 4) is 0 Å². The van der Waals surface area contributed by atoms with Crippen LogP contribution in [0.2, 0.25) is 0 Å². The maximum Gasteiger partial charge on any atom is 0.331 e. The van der Waals surface area contributed by atoms with Crippen LogP contribution in [-0.2, 0) is 27.2 Å². The Morgan fingerprint density at radius 1 is 1.20 bits per heavy atom. The summed E-state index contributed by atoms with van der Waals surface area (Å²) in [5.74, 6) is -0.777. The predicted octanol–water partition coefficient (Wildman–Crippen LogP) is 3.57. The fraction of sp³-hybridized carbons (Fsp3) is 0.217. The Morgan fingerprint density at radius 3 is 2.90 bits per heavy atom. The van der Waals surface area contributed by atoms with Gasteiger partial charge in [0.1, 0.15) is 5.01 Å². The summed E-state index contributed by atoms with van der Waals surface area (Å²) in [6.07, 6.45) is 4.94. The van der Waals surface area contributed by atoms with E-state index in [1.54, 1.807) is 12.1 Å². The van der Waals surface area contributed by atoms with Crippen LogP contribution in [0.1, 0.15) is 32.9 Å². The lowest BCUT2D eigenvalue weighted by molar-refractivity contribution is -0.136. The van der Waals surface area contributed by atoms with Gasteiger partial charge in [0.15, 0.2) is 12.4 Å². The smallest absolute Gasteiger partial charge is 0.331 e. The highest BCUT2D eigenvalue weighted by Gasteiger charge is 2.32. The number of aromatic nitrogens is 1. The first-order chi connectivity index (χ1) is 14.6. The normalized spacial score (nSPS) is 15.1. The first-order valence-corrected chi connectivity index (χ1v) is 10.6. The molecule has 0 atom stereocenters. The number of benzene rings is 2. The fourth-order valence-electron chi connectivity index (χ4n) is 4.01. The lowest BCUT2D eigenvalue weighted by Gasteiger charge is -2.25. The number of anilines is 1. The standard InChI is InChI=1S/C23H18N2O4S/c26-18(15-10-14-4-3-9-25-21(27)12-16(11-15)23(14)25)13-29-22(28)8-7-20-24-17-5-1-2-6-19(17)30-20/h1-2,5-8,10-11H,3-4,9,12-13H2/b8-7-. The van der Waals surface area contributed by atoms with Crippen molar-refractivity contribution < 1.29 is 19.1 Å². The summed E-state index contributed by atoms with van der Waals surface area (Å²) in [5.41, 5.74) is 4.25. The van der Waals surface area contributed by atoms with E-state index in [1.165, 1.54) is 17.4 Å². The molecule has 150 valence electrons. The highest BCUT2D eigenvalue weighted by Crippen LogP contribution is 2.37. The topological polar surface area (TPSA) is 76.6 Å². The number of hydrogen-bond acceptors (Lipinski definition) is 6. The second-order valence-corrected chi connectivity index (χ2v) is 8.42. The van der Waals surface area contributed by atoms with Gasteiger partial charge in [0.2, 0.25) is 5.91 Å². The summed E-state index contributed by atoms with van der Waals surface area (Å²) in [7, 11) is 0. The van der Waals surface area contributed by atoms with Crippen LogP contribution in [0, 0.1) is 0 Å². The van der Waals surface area contributed by atoms with Crippen molar-refractivity contribution in [2.75, 3.05) is 18.1 Å². The Bertz CT molecular complexity index is 1190. The monoisotopic (exact) mass is 418 g/mol. The third-order valence-electron chi connectivity index (χ3n) is 5.35. The molecule has 0 aliphatic carbocycles. The number of nitrogens with zero attached hydrogens (tertiary/aromatic N) is 2. The molecular weight excluding hydrogens is 400 g/mol. The molecule has 2 aromatic carbocycles. The molecule has 0 saturated heterocycles. The third-order valence-corrected chi connectivity index (χ3v) is 6.35. The van der Waals surface area contributed by atoms with E-state index in [4.69, 9.17) is 4.74 Å². The minimum Gasteiger partial charge on any atom is -0.454 e. The van der Waals surface area contributed by atoms with E-state index in [9.17, 15) is 14.4 Å². The average molecular weight is 418 g/mol. The molecule has 0 unspecified atom stereocenters. The fourth-order valence-corrected chi connectivity index (χ4v) is 4.88. The first-order valence-electron chi connectivity index (χ1n) is 9.78. The van der Waals surface area contributed by atoms with Gasteiger partial charge in [-0.05, 0) is 54.3 Å². The van der Waals surface area contributed by atoms with Gasteiger partial charge < -0.3 is 9.64 Å². The van der Waals surface area contributed by atoms with E-state index >= 15 is 0 Å². The van der Waals surface area contributed by atoms with Crippen LogP contribution in [0.3, 0.4) is 0 Å². The Morgan fingerprint density at radius 2 is 2.03 bits per heavy atom. The average Bonchev–Trinajstić information content (AvgIpc) is 3.32. The zero-order chi connectivity index (χ0) is 20.7. The van der Waals surface area contributed by atoms with Crippen molar-refractivity contribution >= 4 is 51.0 Å². The number of ketones is 1. The molecule has 6 nitrogen and oxygen atoms in total. The van der Waals surface area contributed by atoms with Crippen molar-refractivity contribution in [1.29, 1.82) is 0 Å². The molecule has 0 radical (unpaired) electrons. The predicted molar refractivity (Wildman–Crippen MR) is 115 cm³/mol. The largest absolute Gasteiger partial charge is 0.454 e. The van der Waals surface area contributed by atoms with Gasteiger partial charge in [0.05, 0.1) is 22.3 Å². The van der Waals surface area contributed by atoms with Gasteiger partial charge in [-0.1, -0.05) is 12.1 Å². The van der Waals surface area contributed by atoms with Gasteiger partial charge in [-0.3, -0.25) is 9.59 Å². The quantitative estimate of drug-likeness (QED) is 0.360. The summed E-state index contributed by atoms with van der Waals surface area (Å²) >= 11 is 1.48. The number of esters is 1. The van der Waals surface area contributed by atoms with Crippen molar-refractivity contribution in [2.24, 2.45) is 0 Å². The number of fused-ring (bicyclic) bond motifs is 1. The molecule has 3 aromatic rings. The second-order valence-electron chi connectivity index (χ2n) is 7.35. The molecule has 0 spiro atoms. The molecular formula is C23H18N2O4S. The molecule has 7 heteroatoms. The van der Waals surface area contributed by atoms with Gasteiger partial charge >= 0.3 is 5.97 Å². The number of aryl methyl sites for hydroxylation is 1. The number of para-hydroxylation sites is 1. The molecule has 0 N–H and O–H groups in total. The lowest BCUT2D eigenvalue weighted by atomic mass is 9.95. The highest BCUT2D eigenvalue weighted by atomic mass is 32.1. The molecule has 1 aromatic heterocycles. The van der Waals surface area contributed by atoms with Crippen molar-refractivity contribution in [3.63, 3.8) is 0 Å². The van der Waals surface area contributed by atoms with Crippen LogP contribution in [-0.4, -0.2) is 35.8 Å². The number of carbonyl (C=O) groups excluding carboxylic acids is 3. The van der Waals surface area contributed by atoms with Crippen LogP contribution in [0.4, 0.5) is 5.69 Å². The van der Waals surface area contributed by atoms with E-state index in [2.05, 4.69) is 4.98 Å². The van der Waals surface area contributed by atoms with Gasteiger partial charge in [-0.15, -0.1) is 11.3 Å². The first kappa shape index (κ1) is 18.7. The zero-order valence-electron chi connectivity index (χ0n) is 16.1. The molecule has 0 saturated carbocycles. The van der Waals surface area contributed by atoms with Crippen LogP contribution in [0.25, 0.3) is 16.3 Å². The van der Waals surface area contributed by atoms with Gasteiger partial charge in [-0.2, -0.15) is 0 Å². The molecule has 5 rings (SSSR count). The van der Waals surface area contributed by atoms with Crippen molar-refractivity contribution in [3.05, 3.63) is 64.2 Å². The Hall–Kier alpha value is -3.32. The SMILES string of the molecule is O=C(/C=C\c1nc2ccccc2s1)OCC(=O)c1cc2c3c(c1)CC(=O)N3CCC2. The van der Waals surface area contributed by atoms with E-state index < -0.39 is 5.97 Å².